The van der Waals surface area contributed by atoms with Gasteiger partial charge in [0.15, 0.2) is 0 Å². The summed E-state index contributed by atoms with van der Waals surface area (Å²) in [7, 11) is 0. The Balaban J connectivity index is 1.46. The van der Waals surface area contributed by atoms with Gasteiger partial charge in [-0.15, -0.1) is 0 Å². The molecule has 0 aromatic heterocycles. The fourth-order valence-corrected chi connectivity index (χ4v) is 3.48. The van der Waals surface area contributed by atoms with Crippen LogP contribution in [-0.4, -0.2) is 65.7 Å². The van der Waals surface area contributed by atoms with Gasteiger partial charge in [0.2, 0.25) is 5.91 Å². The largest absolute Gasteiger partial charge is 0.491 e. The van der Waals surface area contributed by atoms with E-state index in [1.165, 1.54) is 12.0 Å². The van der Waals surface area contributed by atoms with Gasteiger partial charge in [0.05, 0.1) is 6.54 Å². The molecule has 5 nitrogen and oxygen atoms in total. The van der Waals surface area contributed by atoms with E-state index in [0.29, 0.717) is 19.5 Å². The molecule has 0 bridgehead atoms. The third kappa shape index (κ3) is 4.48. The maximum atomic E-state index is 12.3. The number of hydrogen-bond donors (Lipinski definition) is 1. The second-order valence-corrected chi connectivity index (χ2v) is 7.23. The van der Waals surface area contributed by atoms with Gasteiger partial charge >= 0.3 is 0 Å². The maximum Gasteiger partial charge on any atom is 0.236 e. The van der Waals surface area contributed by atoms with Gasteiger partial charge in [0.1, 0.15) is 18.0 Å². The predicted octanol–water partition coefficient (Wildman–Crippen LogP) is 1.82. The Labute approximate surface area is 144 Å². The van der Waals surface area contributed by atoms with E-state index in [2.05, 4.69) is 4.90 Å². The number of ether oxygens (including phenoxy) is 1. The number of nitrogens with zero attached hydrogens (tertiary/aromatic N) is 2. The molecule has 2 saturated heterocycles. The zero-order chi connectivity index (χ0) is 17.0. The molecule has 2 heterocycles. The fourth-order valence-electron chi connectivity index (χ4n) is 3.48. The number of carbonyl (C=O) groups is 1. The van der Waals surface area contributed by atoms with E-state index >= 15 is 0 Å². The fraction of sp³-hybridized carbons (Fsp3) is 0.632. The Bertz CT molecular complexity index is 554. The average molecular weight is 332 g/mol. The van der Waals surface area contributed by atoms with Crippen LogP contribution >= 0.6 is 0 Å². The molecule has 1 atom stereocenters. The first-order valence-electron chi connectivity index (χ1n) is 8.96. The SMILES string of the molecule is Cc1ccc(OC[C@@]2(O)CCN(CC(=O)N3CCCCC3)C2)cc1. The van der Waals surface area contributed by atoms with Gasteiger partial charge in [-0.3, -0.25) is 9.69 Å². The number of β-amino-alcohol motifs (C(OH)–C–C–N with tert-alkyl or cyclic N) is 1. The second kappa shape index (κ2) is 7.53. The molecule has 1 N–H and O–H groups in total. The smallest absolute Gasteiger partial charge is 0.236 e. The highest BCUT2D eigenvalue weighted by molar-refractivity contribution is 5.78. The molecule has 1 amide bonds. The van der Waals surface area contributed by atoms with E-state index in [9.17, 15) is 9.90 Å². The van der Waals surface area contributed by atoms with Crippen LogP contribution in [-0.2, 0) is 4.79 Å². The molecule has 24 heavy (non-hydrogen) atoms. The molecule has 132 valence electrons. The first kappa shape index (κ1) is 17.2. The first-order valence-corrected chi connectivity index (χ1v) is 8.96. The Morgan fingerprint density at radius 3 is 2.58 bits per heavy atom. The molecule has 5 heteroatoms. The summed E-state index contributed by atoms with van der Waals surface area (Å²) in [6, 6.07) is 7.84. The third-order valence-electron chi connectivity index (χ3n) is 5.01. The predicted molar refractivity (Wildman–Crippen MR) is 93.1 cm³/mol. The number of aryl methyl sites for hydroxylation is 1. The number of likely N-dealkylation sites (tertiary alicyclic amines) is 2. The summed E-state index contributed by atoms with van der Waals surface area (Å²) in [5.74, 6) is 0.968. The van der Waals surface area contributed by atoms with Crippen LogP contribution in [0.3, 0.4) is 0 Å². The van der Waals surface area contributed by atoms with Crippen molar-refractivity contribution >= 4 is 5.91 Å². The lowest BCUT2D eigenvalue weighted by atomic mass is 10.1. The normalized spacial score (nSPS) is 25.0. The Hall–Kier alpha value is -1.59. The van der Waals surface area contributed by atoms with Gasteiger partial charge in [-0.25, -0.2) is 0 Å². The van der Waals surface area contributed by atoms with E-state index in [0.717, 1.165) is 38.2 Å². The summed E-state index contributed by atoms with van der Waals surface area (Å²) >= 11 is 0. The van der Waals surface area contributed by atoms with Crippen molar-refractivity contribution in [2.24, 2.45) is 0 Å². The highest BCUT2D eigenvalue weighted by Crippen LogP contribution is 2.23. The monoisotopic (exact) mass is 332 g/mol. The lowest BCUT2D eigenvalue weighted by Crippen LogP contribution is -2.44. The summed E-state index contributed by atoms with van der Waals surface area (Å²) in [4.78, 5) is 16.4. The average Bonchev–Trinajstić information content (AvgIpc) is 2.96. The minimum atomic E-state index is -0.868. The molecule has 0 aliphatic carbocycles. The van der Waals surface area contributed by atoms with Crippen LogP contribution in [0.1, 0.15) is 31.2 Å². The van der Waals surface area contributed by atoms with E-state index in [4.69, 9.17) is 4.74 Å². The highest BCUT2D eigenvalue weighted by Gasteiger charge is 2.38. The minimum absolute atomic E-state index is 0.193. The van der Waals surface area contributed by atoms with Gasteiger partial charge in [0.25, 0.3) is 0 Å². The number of benzene rings is 1. The number of hydrogen-bond acceptors (Lipinski definition) is 4. The standard InChI is InChI=1S/C19H28N2O3/c1-16-5-7-17(8-6-16)24-15-19(23)9-12-20(14-19)13-18(22)21-10-3-2-4-11-21/h5-8,23H,2-4,9-15H2,1H3/t19-/m1/s1. The van der Waals surface area contributed by atoms with Gasteiger partial charge in [-0.2, -0.15) is 0 Å². The van der Waals surface area contributed by atoms with Crippen molar-refractivity contribution in [3.05, 3.63) is 29.8 Å². The van der Waals surface area contributed by atoms with Gasteiger partial charge < -0.3 is 14.7 Å². The third-order valence-corrected chi connectivity index (χ3v) is 5.01. The van der Waals surface area contributed by atoms with E-state index in [1.807, 2.05) is 36.1 Å². The second-order valence-electron chi connectivity index (χ2n) is 7.23. The molecule has 0 radical (unpaired) electrons. The van der Waals surface area contributed by atoms with Crippen molar-refractivity contribution in [1.29, 1.82) is 0 Å². The van der Waals surface area contributed by atoms with E-state index in [1.54, 1.807) is 0 Å². The Kier molecular flexibility index (Phi) is 5.41. The number of amides is 1. The van der Waals surface area contributed by atoms with Crippen molar-refractivity contribution in [3.63, 3.8) is 0 Å². The molecule has 2 aliphatic heterocycles. The van der Waals surface area contributed by atoms with Crippen molar-refractivity contribution in [2.75, 3.05) is 39.3 Å². The Morgan fingerprint density at radius 2 is 1.88 bits per heavy atom. The van der Waals surface area contributed by atoms with Crippen LogP contribution < -0.4 is 4.74 Å². The highest BCUT2D eigenvalue weighted by atomic mass is 16.5. The van der Waals surface area contributed by atoms with E-state index < -0.39 is 5.60 Å². The number of carbonyl (C=O) groups excluding carboxylic acids is 1. The van der Waals surface area contributed by atoms with Crippen LogP contribution in [0.2, 0.25) is 0 Å². The van der Waals surface area contributed by atoms with Crippen LogP contribution in [0.5, 0.6) is 5.75 Å². The number of piperidine rings is 1. The van der Waals surface area contributed by atoms with E-state index in [-0.39, 0.29) is 12.5 Å². The van der Waals surface area contributed by atoms with Crippen molar-refractivity contribution in [1.82, 2.24) is 9.80 Å². The quantitative estimate of drug-likeness (QED) is 0.894. The van der Waals surface area contributed by atoms with Crippen LogP contribution in [0.4, 0.5) is 0 Å². The number of aliphatic hydroxyl groups is 1. The summed E-state index contributed by atoms with van der Waals surface area (Å²) < 4.78 is 5.75. The molecule has 2 fully saturated rings. The summed E-state index contributed by atoms with van der Waals surface area (Å²) in [6.07, 6.45) is 4.09. The van der Waals surface area contributed by atoms with Crippen molar-refractivity contribution in [2.45, 2.75) is 38.2 Å². The lowest BCUT2D eigenvalue weighted by molar-refractivity contribution is -0.133. The van der Waals surface area contributed by atoms with Crippen molar-refractivity contribution < 1.29 is 14.6 Å². The van der Waals surface area contributed by atoms with Crippen LogP contribution in [0, 0.1) is 6.92 Å². The van der Waals surface area contributed by atoms with Gasteiger partial charge in [-0.1, -0.05) is 17.7 Å². The number of rotatable bonds is 5. The molecule has 0 spiro atoms. The molecular formula is C19H28N2O3. The maximum absolute atomic E-state index is 12.3. The lowest BCUT2D eigenvalue weighted by Gasteiger charge is -2.29. The summed E-state index contributed by atoms with van der Waals surface area (Å²) in [5.41, 5.74) is 0.317. The zero-order valence-electron chi connectivity index (χ0n) is 14.5. The summed E-state index contributed by atoms with van der Waals surface area (Å²) in [5, 5.41) is 10.7. The van der Waals surface area contributed by atoms with Gasteiger partial charge in [0, 0.05) is 26.2 Å². The summed E-state index contributed by atoms with van der Waals surface area (Å²) in [6.45, 7) is 5.72. The molecular weight excluding hydrogens is 304 g/mol. The van der Waals surface area contributed by atoms with Crippen LogP contribution in [0.15, 0.2) is 24.3 Å². The van der Waals surface area contributed by atoms with Crippen molar-refractivity contribution in [3.8, 4) is 5.75 Å². The molecule has 0 saturated carbocycles. The van der Waals surface area contributed by atoms with Gasteiger partial charge in [-0.05, 0) is 44.7 Å². The molecule has 2 aliphatic rings. The van der Waals surface area contributed by atoms with Crippen LogP contribution in [0.25, 0.3) is 0 Å². The topological polar surface area (TPSA) is 53.0 Å². The molecule has 0 unspecified atom stereocenters. The molecule has 1 aromatic carbocycles. The zero-order valence-corrected chi connectivity index (χ0v) is 14.5. The Morgan fingerprint density at radius 1 is 1.17 bits per heavy atom. The minimum Gasteiger partial charge on any atom is -0.491 e. The molecule has 1 aromatic rings. The molecule has 3 rings (SSSR count). The first-order chi connectivity index (χ1) is 11.5.